The molecule has 0 aliphatic carbocycles. The maximum absolute atomic E-state index is 10.5. The molecule has 0 fully saturated rings. The fourth-order valence-corrected chi connectivity index (χ4v) is 3.44. The summed E-state index contributed by atoms with van der Waals surface area (Å²) in [6.45, 7) is 1.64. The quantitative estimate of drug-likeness (QED) is 0.264. The van der Waals surface area contributed by atoms with Crippen molar-refractivity contribution < 1.29 is 15.2 Å². The van der Waals surface area contributed by atoms with Crippen molar-refractivity contribution in [3.63, 3.8) is 0 Å². The number of rotatable bonds is 9. The highest BCUT2D eigenvalue weighted by atomic mass is 16.4. The number of pyridine rings is 2. The lowest BCUT2D eigenvalue weighted by atomic mass is 9.80. The summed E-state index contributed by atoms with van der Waals surface area (Å²) >= 11 is 0. The average Bonchev–Trinajstić information content (AvgIpc) is 2.86. The van der Waals surface area contributed by atoms with E-state index in [1.54, 1.807) is 54.9 Å². The van der Waals surface area contributed by atoms with Crippen LogP contribution in [0.2, 0.25) is 0 Å². The zero-order chi connectivity index (χ0) is 23.8. The molecule has 4 rings (SSSR count). The van der Waals surface area contributed by atoms with Crippen molar-refractivity contribution in [1.82, 2.24) is 14.9 Å². The van der Waals surface area contributed by atoms with Crippen LogP contribution in [0.25, 0.3) is 0 Å². The molecule has 9 heteroatoms. The van der Waals surface area contributed by atoms with Crippen molar-refractivity contribution in [1.29, 1.82) is 0 Å². The summed E-state index contributed by atoms with van der Waals surface area (Å²) in [6, 6.07) is 23.2. The van der Waals surface area contributed by atoms with Crippen LogP contribution in [-0.4, -0.2) is 37.1 Å². The highest BCUT2D eigenvalue weighted by molar-refractivity contribution is 6.58. The van der Waals surface area contributed by atoms with Gasteiger partial charge in [-0.3, -0.25) is 14.9 Å². The second kappa shape index (κ2) is 11.3. The molecule has 0 radical (unpaired) electrons. The molecule has 0 bridgehead atoms. The summed E-state index contributed by atoms with van der Waals surface area (Å²) in [5.74, 6) is 0.173. The molecule has 3 N–H and O–H groups in total. The van der Waals surface area contributed by atoms with Crippen LogP contribution >= 0.6 is 0 Å². The Morgan fingerprint density at radius 3 is 1.85 bits per heavy atom. The van der Waals surface area contributed by atoms with Gasteiger partial charge >= 0.3 is 7.12 Å². The van der Waals surface area contributed by atoms with E-state index in [4.69, 9.17) is 0 Å². The summed E-state index contributed by atoms with van der Waals surface area (Å²) in [5, 5.41) is 37.4. The Morgan fingerprint density at radius 2 is 1.29 bits per heavy atom. The van der Waals surface area contributed by atoms with Gasteiger partial charge in [0.15, 0.2) is 0 Å². The topological polar surface area (TPSA) is 114 Å². The second-order valence-electron chi connectivity index (χ2n) is 7.77. The first kappa shape index (κ1) is 23.3. The lowest BCUT2D eigenvalue weighted by Gasteiger charge is -2.22. The Labute approximate surface area is 198 Å². The van der Waals surface area contributed by atoms with Gasteiger partial charge in [-0.05, 0) is 60.1 Å². The highest BCUT2D eigenvalue weighted by Crippen LogP contribution is 2.27. The minimum absolute atomic E-state index is 0.173. The number of hydrogen-bond donors (Lipinski definition) is 3. The summed E-state index contributed by atoms with van der Waals surface area (Å²) in [6.07, 6.45) is 3.53. The Balaban J connectivity index is 1.53. The number of aromatic nitrogens is 2. The minimum atomic E-state index is -1.52. The monoisotopic (exact) mass is 453 g/mol. The predicted octanol–water partition coefficient (Wildman–Crippen LogP) is 3.48. The molecule has 0 amide bonds. The summed E-state index contributed by atoms with van der Waals surface area (Å²) < 4.78 is 0. The highest BCUT2D eigenvalue weighted by Gasteiger charge is 2.13. The van der Waals surface area contributed by atoms with Gasteiger partial charge in [-0.1, -0.05) is 24.3 Å². The van der Waals surface area contributed by atoms with Gasteiger partial charge in [0.2, 0.25) is 0 Å². The van der Waals surface area contributed by atoms with Gasteiger partial charge in [-0.15, -0.1) is 0 Å². The summed E-state index contributed by atoms with van der Waals surface area (Å²) in [7, 11) is -1.52. The number of aromatic hydroxyl groups is 1. The molecule has 34 heavy (non-hydrogen) atoms. The lowest BCUT2D eigenvalue weighted by Crippen LogP contribution is -2.29. The SMILES string of the molecule is OB(O)c1ccc(N=Nc2ccc(O)c(CN(Cc3ccccn3)Cc3ccccn3)c2)cc1. The van der Waals surface area contributed by atoms with E-state index < -0.39 is 7.12 Å². The normalized spacial score (nSPS) is 11.3. The molecule has 2 aromatic carbocycles. The number of phenols is 1. The fourth-order valence-electron chi connectivity index (χ4n) is 3.44. The van der Waals surface area contributed by atoms with E-state index in [9.17, 15) is 15.2 Å². The van der Waals surface area contributed by atoms with Crippen molar-refractivity contribution in [2.45, 2.75) is 19.6 Å². The van der Waals surface area contributed by atoms with E-state index >= 15 is 0 Å². The van der Waals surface area contributed by atoms with Crippen LogP contribution in [0.15, 0.2) is 101 Å². The largest absolute Gasteiger partial charge is 0.508 e. The molecule has 0 unspecified atom stereocenters. The van der Waals surface area contributed by atoms with E-state index in [0.29, 0.717) is 42.0 Å². The molecule has 0 aliphatic rings. The van der Waals surface area contributed by atoms with Gasteiger partial charge in [-0.2, -0.15) is 10.2 Å². The molecule has 2 aromatic heterocycles. The van der Waals surface area contributed by atoms with Gasteiger partial charge in [0.25, 0.3) is 0 Å². The van der Waals surface area contributed by atoms with Crippen LogP contribution in [0.5, 0.6) is 5.75 Å². The van der Waals surface area contributed by atoms with Crippen LogP contribution in [0.3, 0.4) is 0 Å². The Morgan fingerprint density at radius 1 is 0.706 bits per heavy atom. The smallest absolute Gasteiger partial charge is 0.488 e. The predicted molar refractivity (Wildman–Crippen MR) is 130 cm³/mol. The molecule has 2 heterocycles. The Bertz CT molecular complexity index is 1180. The number of hydrogen-bond acceptors (Lipinski definition) is 8. The van der Waals surface area contributed by atoms with Gasteiger partial charge in [0.1, 0.15) is 5.75 Å². The van der Waals surface area contributed by atoms with Gasteiger partial charge in [-0.25, -0.2) is 0 Å². The van der Waals surface area contributed by atoms with Crippen LogP contribution < -0.4 is 5.46 Å². The summed E-state index contributed by atoms with van der Waals surface area (Å²) in [4.78, 5) is 11.0. The lowest BCUT2D eigenvalue weighted by molar-refractivity contribution is 0.238. The first-order valence-corrected chi connectivity index (χ1v) is 10.8. The van der Waals surface area contributed by atoms with E-state index in [1.165, 1.54) is 0 Å². The van der Waals surface area contributed by atoms with Crippen LogP contribution in [0.1, 0.15) is 17.0 Å². The van der Waals surface area contributed by atoms with Crippen molar-refractivity contribution in [3.05, 3.63) is 108 Å². The maximum Gasteiger partial charge on any atom is 0.488 e. The molecule has 4 aromatic rings. The first-order chi connectivity index (χ1) is 16.6. The molecule has 0 aliphatic heterocycles. The molecule has 8 nitrogen and oxygen atoms in total. The van der Waals surface area contributed by atoms with Gasteiger partial charge in [0.05, 0.1) is 22.8 Å². The molecule has 0 saturated heterocycles. The van der Waals surface area contributed by atoms with Gasteiger partial charge in [0, 0.05) is 37.6 Å². The third-order valence-electron chi connectivity index (χ3n) is 5.15. The summed E-state index contributed by atoms with van der Waals surface area (Å²) in [5.41, 5.74) is 4.10. The zero-order valence-corrected chi connectivity index (χ0v) is 18.4. The third-order valence-corrected chi connectivity index (χ3v) is 5.15. The van der Waals surface area contributed by atoms with Crippen LogP contribution in [-0.2, 0) is 19.6 Å². The van der Waals surface area contributed by atoms with E-state index in [1.807, 2.05) is 36.4 Å². The van der Waals surface area contributed by atoms with Crippen LogP contribution in [0.4, 0.5) is 11.4 Å². The molecule has 0 saturated carbocycles. The standard InChI is InChI=1S/C25H24BN5O3/c32-25-12-11-22(30-29-21-9-7-20(8-10-21)26(33)34)15-19(25)16-31(17-23-5-1-3-13-27-23)18-24-6-2-4-14-28-24/h1-15,32-34H,16-18H2. The Hall–Kier alpha value is -3.92. The van der Waals surface area contributed by atoms with Crippen molar-refractivity contribution in [3.8, 4) is 5.75 Å². The van der Waals surface area contributed by atoms with Crippen molar-refractivity contribution >= 4 is 24.0 Å². The van der Waals surface area contributed by atoms with E-state index in [2.05, 4.69) is 25.1 Å². The molecule has 0 atom stereocenters. The number of azo groups is 1. The number of benzene rings is 2. The molecular weight excluding hydrogens is 429 g/mol. The molecule has 0 spiro atoms. The van der Waals surface area contributed by atoms with Gasteiger partial charge < -0.3 is 15.2 Å². The second-order valence-corrected chi connectivity index (χ2v) is 7.77. The van der Waals surface area contributed by atoms with Crippen molar-refractivity contribution in [2.75, 3.05) is 0 Å². The average molecular weight is 453 g/mol. The Kier molecular flexibility index (Phi) is 7.72. The zero-order valence-electron chi connectivity index (χ0n) is 18.4. The van der Waals surface area contributed by atoms with Crippen molar-refractivity contribution in [2.24, 2.45) is 10.2 Å². The molecule has 170 valence electrons. The van der Waals surface area contributed by atoms with E-state index in [0.717, 1.165) is 11.4 Å². The molecular formula is C25H24BN5O3. The van der Waals surface area contributed by atoms with E-state index in [-0.39, 0.29) is 5.75 Å². The number of nitrogens with zero attached hydrogens (tertiary/aromatic N) is 5. The first-order valence-electron chi connectivity index (χ1n) is 10.8. The minimum Gasteiger partial charge on any atom is -0.508 e. The maximum atomic E-state index is 10.5. The fraction of sp³-hybridized carbons (Fsp3) is 0.120. The third kappa shape index (κ3) is 6.55. The van der Waals surface area contributed by atoms with Crippen LogP contribution in [0, 0.1) is 0 Å². The number of phenolic OH excluding ortho intramolecular Hbond substituents is 1.